The predicted octanol–water partition coefficient (Wildman–Crippen LogP) is 1.65. The van der Waals surface area contributed by atoms with E-state index < -0.39 is 6.10 Å². The van der Waals surface area contributed by atoms with Crippen molar-refractivity contribution in [2.24, 2.45) is 0 Å². The molecule has 1 heterocycles. The van der Waals surface area contributed by atoms with Crippen LogP contribution in [0.4, 0.5) is 0 Å². The molecule has 1 atom stereocenters. The van der Waals surface area contributed by atoms with E-state index in [-0.39, 0.29) is 5.91 Å². The van der Waals surface area contributed by atoms with Crippen LogP contribution < -0.4 is 10.1 Å². The topological polar surface area (TPSA) is 79.9 Å². The molecule has 0 aliphatic heterocycles. The van der Waals surface area contributed by atoms with Gasteiger partial charge in [-0.25, -0.2) is 4.98 Å². The fourth-order valence-corrected chi connectivity index (χ4v) is 1.81. The second-order valence-corrected chi connectivity index (χ2v) is 4.78. The Morgan fingerprint density at radius 2 is 2.42 bits per heavy atom. The maximum atomic E-state index is 11.8. The number of hydrogen-bond donors (Lipinski definition) is 2. The first-order valence-corrected chi connectivity index (χ1v) is 6.48. The van der Waals surface area contributed by atoms with Crippen molar-refractivity contribution in [3.8, 4) is 5.75 Å². The summed E-state index contributed by atoms with van der Waals surface area (Å²) in [6.07, 6.45) is 0.806. The molecule has 1 unspecified atom stereocenters. The monoisotopic (exact) mass is 324 g/mol. The summed E-state index contributed by atoms with van der Waals surface area (Å²) in [6, 6.07) is 7.34. The van der Waals surface area contributed by atoms with Crippen LogP contribution in [0.25, 0.3) is 0 Å². The third-order valence-corrected chi connectivity index (χ3v) is 2.87. The van der Waals surface area contributed by atoms with Gasteiger partial charge in [0.1, 0.15) is 17.9 Å². The van der Waals surface area contributed by atoms with Gasteiger partial charge in [0.15, 0.2) is 6.10 Å². The molecule has 0 fully saturated rings. The summed E-state index contributed by atoms with van der Waals surface area (Å²) >= 11 is 3.35. The van der Waals surface area contributed by atoms with Crippen LogP contribution in [0.15, 0.2) is 35.1 Å². The third kappa shape index (κ3) is 4.06. The molecule has 0 spiro atoms. The zero-order chi connectivity index (χ0) is 13.7. The van der Waals surface area contributed by atoms with Crippen LogP contribution in [0.5, 0.6) is 5.75 Å². The number of carbonyl (C=O) groups excluding carboxylic acids is 1. The minimum atomic E-state index is -0.586. The van der Waals surface area contributed by atoms with Gasteiger partial charge in [-0.1, -0.05) is 22.0 Å². The van der Waals surface area contributed by atoms with Crippen LogP contribution >= 0.6 is 15.9 Å². The van der Waals surface area contributed by atoms with Gasteiger partial charge in [0.2, 0.25) is 0 Å². The maximum absolute atomic E-state index is 11.8. The number of ether oxygens (including phenoxy) is 1. The third-order valence-electron chi connectivity index (χ3n) is 2.37. The number of halogens is 1. The molecule has 0 radical (unpaired) electrons. The van der Waals surface area contributed by atoms with Crippen molar-refractivity contribution in [2.75, 3.05) is 0 Å². The lowest BCUT2D eigenvalue weighted by Gasteiger charge is -2.14. The molecular formula is C12H13BrN4O2. The van der Waals surface area contributed by atoms with Gasteiger partial charge in [0, 0.05) is 4.47 Å². The number of aromatic nitrogens is 3. The minimum absolute atomic E-state index is 0.212. The number of rotatable bonds is 5. The van der Waals surface area contributed by atoms with Crippen molar-refractivity contribution in [1.29, 1.82) is 0 Å². The van der Waals surface area contributed by atoms with Crippen LogP contribution in [0.3, 0.4) is 0 Å². The molecule has 0 saturated heterocycles. The summed E-state index contributed by atoms with van der Waals surface area (Å²) in [5.74, 6) is 1.02. The van der Waals surface area contributed by atoms with Gasteiger partial charge < -0.3 is 10.1 Å². The van der Waals surface area contributed by atoms with Crippen LogP contribution in [0, 0.1) is 0 Å². The first-order valence-electron chi connectivity index (χ1n) is 5.69. The average Bonchev–Trinajstić information content (AvgIpc) is 2.89. The molecule has 1 amide bonds. The van der Waals surface area contributed by atoms with Crippen molar-refractivity contribution >= 4 is 21.8 Å². The number of benzene rings is 1. The molecule has 2 rings (SSSR count). The molecule has 2 N–H and O–H groups in total. The molecule has 0 saturated carbocycles. The van der Waals surface area contributed by atoms with Gasteiger partial charge in [-0.2, -0.15) is 5.10 Å². The Balaban J connectivity index is 1.85. The van der Waals surface area contributed by atoms with E-state index in [4.69, 9.17) is 4.74 Å². The van der Waals surface area contributed by atoms with Crippen molar-refractivity contribution in [3.63, 3.8) is 0 Å². The average molecular weight is 325 g/mol. The molecule has 100 valence electrons. The number of nitrogens with one attached hydrogen (secondary N) is 2. The first kappa shape index (κ1) is 13.5. The summed E-state index contributed by atoms with van der Waals surface area (Å²) < 4.78 is 6.44. The Morgan fingerprint density at radius 3 is 3.11 bits per heavy atom. The maximum Gasteiger partial charge on any atom is 0.261 e. The van der Waals surface area contributed by atoms with E-state index in [1.54, 1.807) is 19.1 Å². The molecule has 7 heteroatoms. The van der Waals surface area contributed by atoms with Crippen molar-refractivity contribution in [1.82, 2.24) is 20.5 Å². The highest BCUT2D eigenvalue weighted by Gasteiger charge is 2.14. The molecule has 1 aromatic heterocycles. The Kier molecular flexibility index (Phi) is 4.51. The zero-order valence-electron chi connectivity index (χ0n) is 10.3. The van der Waals surface area contributed by atoms with E-state index in [1.165, 1.54) is 6.33 Å². The molecule has 0 bridgehead atoms. The van der Waals surface area contributed by atoms with Crippen LogP contribution in [0.1, 0.15) is 12.7 Å². The minimum Gasteiger partial charge on any atom is -0.481 e. The zero-order valence-corrected chi connectivity index (χ0v) is 11.8. The normalized spacial score (nSPS) is 11.9. The molecule has 6 nitrogen and oxygen atoms in total. The summed E-state index contributed by atoms with van der Waals surface area (Å²) in [7, 11) is 0. The Morgan fingerprint density at radius 1 is 1.58 bits per heavy atom. The Hall–Kier alpha value is -1.89. The molecule has 19 heavy (non-hydrogen) atoms. The predicted molar refractivity (Wildman–Crippen MR) is 72.5 cm³/mol. The van der Waals surface area contributed by atoms with Gasteiger partial charge in [0.05, 0.1) is 6.54 Å². The van der Waals surface area contributed by atoms with Crippen LogP contribution in [0.2, 0.25) is 0 Å². The number of H-pyrrole nitrogens is 1. The highest BCUT2D eigenvalue weighted by atomic mass is 79.9. The molecule has 2 aromatic rings. The van der Waals surface area contributed by atoms with E-state index in [2.05, 4.69) is 36.4 Å². The second kappa shape index (κ2) is 6.33. The van der Waals surface area contributed by atoms with Gasteiger partial charge in [-0.15, -0.1) is 0 Å². The fraction of sp³-hybridized carbons (Fsp3) is 0.250. The second-order valence-electron chi connectivity index (χ2n) is 3.87. The van der Waals surface area contributed by atoms with E-state index in [9.17, 15) is 4.79 Å². The molecular weight excluding hydrogens is 312 g/mol. The summed E-state index contributed by atoms with van der Waals surface area (Å²) in [5.41, 5.74) is 0. The quantitative estimate of drug-likeness (QED) is 0.876. The smallest absolute Gasteiger partial charge is 0.261 e. The molecule has 0 aliphatic carbocycles. The van der Waals surface area contributed by atoms with Crippen molar-refractivity contribution in [2.45, 2.75) is 19.6 Å². The van der Waals surface area contributed by atoms with E-state index >= 15 is 0 Å². The largest absolute Gasteiger partial charge is 0.481 e. The van der Waals surface area contributed by atoms with E-state index in [0.717, 1.165) is 4.47 Å². The van der Waals surface area contributed by atoms with Crippen molar-refractivity contribution in [3.05, 3.63) is 40.9 Å². The van der Waals surface area contributed by atoms with Crippen LogP contribution in [-0.4, -0.2) is 27.2 Å². The Bertz CT molecular complexity index is 544. The first-order chi connectivity index (χ1) is 9.15. The summed E-state index contributed by atoms with van der Waals surface area (Å²) in [5, 5.41) is 9.07. The number of carbonyl (C=O) groups is 1. The van der Waals surface area contributed by atoms with Gasteiger partial charge in [0.25, 0.3) is 5.91 Å². The van der Waals surface area contributed by atoms with Gasteiger partial charge in [-0.3, -0.25) is 9.89 Å². The van der Waals surface area contributed by atoms with Gasteiger partial charge >= 0.3 is 0 Å². The van der Waals surface area contributed by atoms with Crippen molar-refractivity contribution < 1.29 is 9.53 Å². The lowest BCUT2D eigenvalue weighted by molar-refractivity contribution is -0.127. The highest BCUT2D eigenvalue weighted by molar-refractivity contribution is 9.10. The molecule has 1 aromatic carbocycles. The number of nitrogens with zero attached hydrogens (tertiary/aromatic N) is 2. The van der Waals surface area contributed by atoms with E-state index in [0.29, 0.717) is 18.1 Å². The SMILES string of the molecule is CC(Oc1cccc(Br)c1)C(=O)NCc1ncn[nH]1. The summed E-state index contributed by atoms with van der Waals surface area (Å²) in [4.78, 5) is 15.7. The standard InChI is InChI=1S/C12H13BrN4O2/c1-8(19-10-4-2-3-9(13)5-10)12(18)14-6-11-15-7-16-17-11/h2-5,7-8H,6H2,1H3,(H,14,18)(H,15,16,17). The molecule has 0 aliphatic rings. The Labute approximate surface area is 118 Å². The lowest BCUT2D eigenvalue weighted by Crippen LogP contribution is -2.36. The fourth-order valence-electron chi connectivity index (χ4n) is 1.43. The summed E-state index contributed by atoms with van der Waals surface area (Å²) in [6.45, 7) is 1.99. The van der Waals surface area contributed by atoms with Gasteiger partial charge in [-0.05, 0) is 25.1 Å². The van der Waals surface area contributed by atoms with Crippen LogP contribution in [-0.2, 0) is 11.3 Å². The number of hydrogen-bond acceptors (Lipinski definition) is 4. The highest BCUT2D eigenvalue weighted by Crippen LogP contribution is 2.18. The number of amides is 1. The number of aromatic amines is 1. The lowest BCUT2D eigenvalue weighted by atomic mass is 10.3. The van der Waals surface area contributed by atoms with E-state index in [1.807, 2.05) is 12.1 Å².